The van der Waals surface area contributed by atoms with E-state index in [1.54, 1.807) is 24.3 Å². The Hall–Kier alpha value is -2.27. The molecule has 0 radical (unpaired) electrons. The number of carboxylic acids is 1. The van der Waals surface area contributed by atoms with E-state index >= 15 is 0 Å². The number of aromatic carboxylic acids is 1. The van der Waals surface area contributed by atoms with Crippen molar-refractivity contribution in [3.63, 3.8) is 0 Å². The smallest absolute Gasteiger partial charge is 0.339 e. The Balaban J connectivity index is 2.45. The Bertz CT molecular complexity index is 519. The summed E-state index contributed by atoms with van der Waals surface area (Å²) in [7, 11) is 0. The summed E-state index contributed by atoms with van der Waals surface area (Å²) in [6.07, 6.45) is 1.45. The van der Waals surface area contributed by atoms with Crippen molar-refractivity contribution >= 4 is 5.97 Å². The maximum Gasteiger partial charge on any atom is 0.339 e. The van der Waals surface area contributed by atoms with Crippen molar-refractivity contribution in [2.75, 3.05) is 0 Å². The standard InChI is InChI=1S/C12H11NO4/c13-7-8-3-1-4-9(12(14)15)11(8)17-10-5-2-6-16-10/h1-6H,7,13H2,(H,14,15). The largest absolute Gasteiger partial charge is 0.478 e. The van der Waals surface area contributed by atoms with Gasteiger partial charge in [-0.25, -0.2) is 4.79 Å². The molecule has 0 saturated heterocycles. The maximum atomic E-state index is 11.1. The van der Waals surface area contributed by atoms with Crippen molar-refractivity contribution in [1.82, 2.24) is 0 Å². The lowest BCUT2D eigenvalue weighted by molar-refractivity contribution is 0.0693. The Morgan fingerprint density at radius 1 is 1.35 bits per heavy atom. The van der Waals surface area contributed by atoms with Gasteiger partial charge in [-0.2, -0.15) is 0 Å². The number of carbonyl (C=O) groups is 1. The molecule has 0 amide bonds. The zero-order valence-corrected chi connectivity index (χ0v) is 8.92. The van der Waals surface area contributed by atoms with Gasteiger partial charge in [0, 0.05) is 18.2 Å². The van der Waals surface area contributed by atoms with Crippen LogP contribution in [0.15, 0.2) is 41.0 Å². The van der Waals surface area contributed by atoms with Gasteiger partial charge in [0.1, 0.15) is 11.3 Å². The van der Waals surface area contributed by atoms with Crippen LogP contribution in [0.1, 0.15) is 15.9 Å². The average Bonchev–Trinajstić information content (AvgIpc) is 2.82. The molecule has 0 fully saturated rings. The molecule has 0 bridgehead atoms. The molecule has 0 aliphatic rings. The minimum atomic E-state index is -1.07. The van der Waals surface area contributed by atoms with Gasteiger partial charge in [0.2, 0.25) is 0 Å². The molecule has 0 saturated carbocycles. The lowest BCUT2D eigenvalue weighted by Gasteiger charge is -2.10. The Kier molecular flexibility index (Phi) is 3.11. The molecular formula is C12H11NO4. The summed E-state index contributed by atoms with van der Waals surface area (Å²) in [6, 6.07) is 8.05. The first-order valence-electron chi connectivity index (χ1n) is 4.99. The van der Waals surface area contributed by atoms with Crippen molar-refractivity contribution in [1.29, 1.82) is 0 Å². The van der Waals surface area contributed by atoms with E-state index in [-0.39, 0.29) is 23.8 Å². The molecule has 0 aliphatic carbocycles. The average molecular weight is 233 g/mol. The molecule has 2 rings (SSSR count). The predicted molar refractivity (Wildman–Crippen MR) is 60.1 cm³/mol. The highest BCUT2D eigenvalue weighted by molar-refractivity contribution is 5.91. The van der Waals surface area contributed by atoms with E-state index < -0.39 is 5.97 Å². The summed E-state index contributed by atoms with van der Waals surface area (Å²) in [4.78, 5) is 11.1. The van der Waals surface area contributed by atoms with Gasteiger partial charge in [0.05, 0.1) is 6.26 Å². The summed E-state index contributed by atoms with van der Waals surface area (Å²) in [6.45, 7) is 0.192. The number of ether oxygens (including phenoxy) is 1. The van der Waals surface area contributed by atoms with E-state index in [0.29, 0.717) is 5.56 Å². The van der Waals surface area contributed by atoms with Crippen LogP contribution >= 0.6 is 0 Å². The minimum absolute atomic E-state index is 0.0596. The van der Waals surface area contributed by atoms with Gasteiger partial charge in [-0.15, -0.1) is 0 Å². The molecular weight excluding hydrogens is 222 g/mol. The monoisotopic (exact) mass is 233 g/mol. The van der Waals surface area contributed by atoms with E-state index in [1.165, 1.54) is 12.3 Å². The lowest BCUT2D eigenvalue weighted by atomic mass is 10.1. The van der Waals surface area contributed by atoms with Gasteiger partial charge in [0.15, 0.2) is 0 Å². The number of furan rings is 1. The fourth-order valence-electron chi connectivity index (χ4n) is 1.46. The highest BCUT2D eigenvalue weighted by Gasteiger charge is 2.16. The summed E-state index contributed by atoms with van der Waals surface area (Å²) in [5.74, 6) is -0.618. The molecule has 1 aromatic heterocycles. The van der Waals surface area contributed by atoms with Gasteiger partial charge in [-0.3, -0.25) is 0 Å². The van der Waals surface area contributed by atoms with Crippen LogP contribution in [-0.4, -0.2) is 11.1 Å². The maximum absolute atomic E-state index is 11.1. The van der Waals surface area contributed by atoms with Crippen LogP contribution in [0.25, 0.3) is 0 Å². The number of hydrogen-bond acceptors (Lipinski definition) is 4. The molecule has 88 valence electrons. The fourth-order valence-corrected chi connectivity index (χ4v) is 1.46. The van der Waals surface area contributed by atoms with Crippen molar-refractivity contribution < 1.29 is 19.1 Å². The molecule has 5 heteroatoms. The normalized spacial score (nSPS) is 10.2. The van der Waals surface area contributed by atoms with Crippen molar-refractivity contribution in [2.45, 2.75) is 6.54 Å². The summed E-state index contributed by atoms with van der Waals surface area (Å²) in [5, 5.41) is 9.06. The molecule has 17 heavy (non-hydrogen) atoms. The molecule has 3 N–H and O–H groups in total. The number of rotatable bonds is 4. The van der Waals surface area contributed by atoms with E-state index in [9.17, 15) is 4.79 Å². The van der Waals surface area contributed by atoms with Crippen LogP contribution in [0.4, 0.5) is 0 Å². The van der Waals surface area contributed by atoms with E-state index in [2.05, 4.69) is 0 Å². The summed E-state index contributed by atoms with van der Waals surface area (Å²) < 4.78 is 10.4. The topological polar surface area (TPSA) is 85.7 Å². The molecule has 0 spiro atoms. The quantitative estimate of drug-likeness (QED) is 0.845. The third kappa shape index (κ3) is 2.29. The van der Waals surface area contributed by atoms with Gasteiger partial charge < -0.3 is 20.0 Å². The SMILES string of the molecule is NCc1cccc(C(=O)O)c1Oc1ccco1. The number of nitrogens with two attached hydrogens (primary N) is 1. The zero-order valence-electron chi connectivity index (χ0n) is 8.92. The third-order valence-electron chi connectivity index (χ3n) is 2.24. The van der Waals surface area contributed by atoms with Crippen molar-refractivity contribution in [2.24, 2.45) is 5.73 Å². The van der Waals surface area contributed by atoms with Gasteiger partial charge in [-0.05, 0) is 12.1 Å². The Morgan fingerprint density at radius 3 is 2.76 bits per heavy atom. The third-order valence-corrected chi connectivity index (χ3v) is 2.24. The molecule has 5 nitrogen and oxygen atoms in total. The van der Waals surface area contributed by atoms with Crippen molar-refractivity contribution in [3.05, 3.63) is 47.7 Å². The minimum Gasteiger partial charge on any atom is -0.478 e. The van der Waals surface area contributed by atoms with Crippen LogP contribution in [0.3, 0.4) is 0 Å². The zero-order chi connectivity index (χ0) is 12.3. The Labute approximate surface area is 97.4 Å². The van der Waals surface area contributed by atoms with E-state index in [1.807, 2.05) is 0 Å². The lowest BCUT2D eigenvalue weighted by Crippen LogP contribution is -2.05. The van der Waals surface area contributed by atoms with Crippen molar-refractivity contribution in [3.8, 4) is 11.7 Å². The molecule has 1 aromatic carbocycles. The van der Waals surface area contributed by atoms with Crippen LogP contribution in [-0.2, 0) is 6.54 Å². The molecule has 0 atom stereocenters. The second kappa shape index (κ2) is 4.71. The highest BCUT2D eigenvalue weighted by Crippen LogP contribution is 2.29. The van der Waals surface area contributed by atoms with Gasteiger partial charge in [0.25, 0.3) is 5.95 Å². The molecule has 1 heterocycles. The first kappa shape index (κ1) is 11.2. The Morgan fingerprint density at radius 2 is 2.18 bits per heavy atom. The first-order valence-corrected chi connectivity index (χ1v) is 4.99. The number of benzene rings is 1. The number of para-hydroxylation sites is 1. The van der Waals surface area contributed by atoms with Gasteiger partial charge >= 0.3 is 5.97 Å². The number of carboxylic acid groups (broad SMARTS) is 1. The van der Waals surface area contributed by atoms with Crippen LogP contribution in [0.2, 0.25) is 0 Å². The van der Waals surface area contributed by atoms with E-state index in [4.69, 9.17) is 20.0 Å². The van der Waals surface area contributed by atoms with E-state index in [0.717, 1.165) is 0 Å². The summed E-state index contributed by atoms with van der Waals surface area (Å²) in [5.41, 5.74) is 6.22. The van der Waals surface area contributed by atoms with Gasteiger partial charge in [-0.1, -0.05) is 12.1 Å². The highest BCUT2D eigenvalue weighted by atomic mass is 16.6. The van der Waals surface area contributed by atoms with Crippen LogP contribution in [0, 0.1) is 0 Å². The molecule has 0 unspecified atom stereocenters. The summed E-state index contributed by atoms with van der Waals surface area (Å²) >= 11 is 0. The fraction of sp³-hybridized carbons (Fsp3) is 0.0833. The number of hydrogen-bond donors (Lipinski definition) is 2. The molecule has 0 aliphatic heterocycles. The van der Waals surface area contributed by atoms with Crippen LogP contribution < -0.4 is 10.5 Å². The first-order chi connectivity index (χ1) is 8.22. The predicted octanol–water partition coefficient (Wildman–Crippen LogP) is 2.23. The second-order valence-electron chi connectivity index (χ2n) is 3.34. The second-order valence-corrected chi connectivity index (χ2v) is 3.34. The van der Waals surface area contributed by atoms with Crippen LogP contribution in [0.5, 0.6) is 11.7 Å². The molecule has 2 aromatic rings.